The molecule has 0 fully saturated rings. The van der Waals surface area contributed by atoms with Crippen LogP contribution >= 0.6 is 15.9 Å². The maximum Gasteiger partial charge on any atom is 0.276 e. The summed E-state index contributed by atoms with van der Waals surface area (Å²) in [6, 6.07) is 20.5. The van der Waals surface area contributed by atoms with Crippen molar-refractivity contribution in [1.82, 2.24) is 0 Å². The average molecular weight is 434 g/mol. The van der Waals surface area contributed by atoms with E-state index in [0.717, 1.165) is 10.0 Å². The lowest BCUT2D eigenvalue weighted by Gasteiger charge is -2.44. The molecule has 28 heavy (non-hydrogen) atoms. The van der Waals surface area contributed by atoms with Crippen LogP contribution in [0.5, 0.6) is 0 Å². The van der Waals surface area contributed by atoms with Gasteiger partial charge in [0.1, 0.15) is 0 Å². The first kappa shape index (κ1) is 17.0. The number of aryl methyl sites for hydroxylation is 1. The Hall–Kier alpha value is -3.12. The van der Waals surface area contributed by atoms with Crippen LogP contribution in [0.1, 0.15) is 21.5 Å². The number of carbonyl (C=O) groups is 2. The van der Waals surface area contributed by atoms with E-state index in [-0.39, 0.29) is 11.8 Å². The Bertz CT molecular complexity index is 1140. The Labute approximate surface area is 170 Å². The lowest BCUT2D eigenvalue weighted by atomic mass is 9.92. The molecule has 0 bridgehead atoms. The number of nitrogens with zero attached hydrogens (tertiary/aromatic N) is 1. The standard InChI is InChI=1S/C22H16BrN3O2/c1-13-6-9-15(10-7-13)26-20(27)16-4-2-3-5-18(16)25-22(26)17-12-14(23)8-11-19(17)24-21(22)28/h2-12,25H,1H3,(H,24,28). The molecule has 6 heteroatoms. The molecule has 1 spiro atoms. The van der Waals surface area contributed by atoms with Gasteiger partial charge in [-0.2, -0.15) is 0 Å². The topological polar surface area (TPSA) is 61.4 Å². The highest BCUT2D eigenvalue weighted by atomic mass is 79.9. The molecular formula is C22H16BrN3O2. The first-order chi connectivity index (χ1) is 13.5. The number of rotatable bonds is 1. The van der Waals surface area contributed by atoms with Crippen LogP contribution in [0.3, 0.4) is 0 Å². The molecule has 3 aromatic carbocycles. The number of benzene rings is 3. The third kappa shape index (κ3) is 2.24. The van der Waals surface area contributed by atoms with Crippen molar-refractivity contribution in [3.8, 4) is 0 Å². The summed E-state index contributed by atoms with van der Waals surface area (Å²) < 4.78 is 0.832. The van der Waals surface area contributed by atoms with E-state index in [2.05, 4.69) is 26.6 Å². The predicted molar refractivity (Wildman–Crippen MR) is 113 cm³/mol. The van der Waals surface area contributed by atoms with Crippen LogP contribution in [0.4, 0.5) is 17.1 Å². The molecule has 0 aliphatic carbocycles. The fourth-order valence-corrected chi connectivity index (χ4v) is 4.27. The number of halogens is 1. The molecule has 0 radical (unpaired) electrons. The maximum absolute atomic E-state index is 13.6. The molecule has 5 nitrogen and oxygen atoms in total. The van der Waals surface area contributed by atoms with Gasteiger partial charge in [-0.05, 0) is 49.4 Å². The molecule has 1 atom stereocenters. The molecule has 138 valence electrons. The molecule has 0 saturated carbocycles. The van der Waals surface area contributed by atoms with E-state index in [1.807, 2.05) is 67.6 Å². The monoisotopic (exact) mass is 433 g/mol. The number of amides is 2. The summed E-state index contributed by atoms with van der Waals surface area (Å²) in [6.07, 6.45) is 0. The summed E-state index contributed by atoms with van der Waals surface area (Å²) in [6.45, 7) is 1.99. The minimum absolute atomic E-state index is 0.221. The zero-order valence-electron chi connectivity index (χ0n) is 15.0. The lowest BCUT2D eigenvalue weighted by Crippen LogP contribution is -2.61. The normalized spacial score (nSPS) is 19.9. The van der Waals surface area contributed by atoms with E-state index < -0.39 is 5.66 Å². The number of anilines is 3. The van der Waals surface area contributed by atoms with Crippen molar-refractivity contribution < 1.29 is 9.59 Å². The van der Waals surface area contributed by atoms with Crippen molar-refractivity contribution in [3.05, 3.63) is 87.9 Å². The van der Waals surface area contributed by atoms with E-state index in [1.54, 1.807) is 11.0 Å². The molecule has 1 unspecified atom stereocenters. The summed E-state index contributed by atoms with van der Waals surface area (Å²) in [5.74, 6) is -0.509. The van der Waals surface area contributed by atoms with Crippen molar-refractivity contribution in [2.24, 2.45) is 0 Å². The smallest absolute Gasteiger partial charge is 0.276 e. The Morgan fingerprint density at radius 3 is 2.46 bits per heavy atom. The van der Waals surface area contributed by atoms with Crippen LogP contribution in [0.15, 0.2) is 71.2 Å². The van der Waals surface area contributed by atoms with Crippen LogP contribution in [0.25, 0.3) is 0 Å². The first-order valence-corrected chi connectivity index (χ1v) is 9.70. The van der Waals surface area contributed by atoms with E-state index in [4.69, 9.17) is 0 Å². The van der Waals surface area contributed by atoms with E-state index >= 15 is 0 Å². The SMILES string of the molecule is Cc1ccc(N2C(=O)c3ccccc3NC23C(=O)Nc2ccc(Br)cc23)cc1. The van der Waals surface area contributed by atoms with Crippen molar-refractivity contribution in [2.75, 3.05) is 15.5 Å². The Morgan fingerprint density at radius 1 is 0.929 bits per heavy atom. The van der Waals surface area contributed by atoms with Crippen molar-refractivity contribution in [3.63, 3.8) is 0 Å². The molecule has 0 saturated heterocycles. The Balaban J connectivity index is 1.82. The molecule has 3 aromatic rings. The van der Waals surface area contributed by atoms with E-state index in [9.17, 15) is 9.59 Å². The Kier molecular flexibility index (Phi) is 3.61. The van der Waals surface area contributed by atoms with Gasteiger partial charge in [0.25, 0.3) is 11.8 Å². The molecular weight excluding hydrogens is 418 g/mol. The highest BCUT2D eigenvalue weighted by Crippen LogP contribution is 2.47. The second kappa shape index (κ2) is 5.94. The molecule has 2 heterocycles. The second-order valence-electron chi connectivity index (χ2n) is 7.00. The number of para-hydroxylation sites is 1. The summed E-state index contributed by atoms with van der Waals surface area (Å²) in [5, 5.41) is 6.30. The number of hydrogen-bond donors (Lipinski definition) is 2. The zero-order chi connectivity index (χ0) is 19.5. The van der Waals surface area contributed by atoms with E-state index in [1.165, 1.54) is 0 Å². The molecule has 0 aromatic heterocycles. The largest absolute Gasteiger partial charge is 0.350 e. The van der Waals surface area contributed by atoms with Gasteiger partial charge >= 0.3 is 0 Å². The average Bonchev–Trinajstić information content (AvgIpc) is 2.95. The van der Waals surface area contributed by atoms with Gasteiger partial charge in [-0.25, -0.2) is 0 Å². The minimum Gasteiger partial charge on any atom is -0.350 e. The quantitative estimate of drug-likeness (QED) is 0.587. The second-order valence-corrected chi connectivity index (χ2v) is 7.92. The molecule has 2 aliphatic heterocycles. The fraction of sp³-hybridized carbons (Fsp3) is 0.0909. The van der Waals surface area contributed by atoms with Crippen molar-refractivity contribution in [1.29, 1.82) is 0 Å². The van der Waals surface area contributed by atoms with Gasteiger partial charge in [0.15, 0.2) is 0 Å². The zero-order valence-corrected chi connectivity index (χ0v) is 16.6. The summed E-state index contributed by atoms with van der Waals surface area (Å²) in [4.78, 5) is 28.5. The van der Waals surface area contributed by atoms with Crippen LogP contribution < -0.4 is 15.5 Å². The van der Waals surface area contributed by atoms with Crippen LogP contribution in [-0.2, 0) is 10.5 Å². The number of nitrogens with one attached hydrogen (secondary N) is 2. The molecule has 2 N–H and O–H groups in total. The third-order valence-electron chi connectivity index (χ3n) is 5.25. The van der Waals surface area contributed by atoms with Crippen molar-refractivity contribution in [2.45, 2.75) is 12.6 Å². The van der Waals surface area contributed by atoms with Gasteiger partial charge in [-0.3, -0.25) is 14.5 Å². The highest BCUT2D eigenvalue weighted by molar-refractivity contribution is 9.10. The van der Waals surface area contributed by atoms with Gasteiger partial charge in [-0.15, -0.1) is 0 Å². The van der Waals surface area contributed by atoms with Gasteiger partial charge in [0, 0.05) is 27.1 Å². The first-order valence-electron chi connectivity index (χ1n) is 8.90. The maximum atomic E-state index is 13.6. The molecule has 2 amide bonds. The van der Waals surface area contributed by atoms with Crippen LogP contribution in [0, 0.1) is 6.92 Å². The summed E-state index contributed by atoms with van der Waals surface area (Å²) in [5.41, 5.74) is 2.93. The number of carbonyl (C=O) groups excluding carboxylic acids is 2. The predicted octanol–water partition coefficient (Wildman–Crippen LogP) is 4.63. The van der Waals surface area contributed by atoms with Crippen molar-refractivity contribution >= 4 is 44.8 Å². The Morgan fingerprint density at radius 2 is 1.68 bits per heavy atom. The molecule has 2 aliphatic rings. The van der Waals surface area contributed by atoms with Crippen LogP contribution in [-0.4, -0.2) is 11.8 Å². The number of hydrogen-bond acceptors (Lipinski definition) is 3. The highest BCUT2D eigenvalue weighted by Gasteiger charge is 2.57. The van der Waals surface area contributed by atoms with Crippen LogP contribution in [0.2, 0.25) is 0 Å². The van der Waals surface area contributed by atoms with Gasteiger partial charge < -0.3 is 10.6 Å². The van der Waals surface area contributed by atoms with E-state index in [0.29, 0.717) is 28.2 Å². The van der Waals surface area contributed by atoms with Gasteiger partial charge in [0.2, 0.25) is 5.66 Å². The lowest BCUT2D eigenvalue weighted by molar-refractivity contribution is -0.119. The van der Waals surface area contributed by atoms with Gasteiger partial charge in [0.05, 0.1) is 5.56 Å². The molecule has 5 rings (SSSR count). The summed E-state index contributed by atoms with van der Waals surface area (Å²) in [7, 11) is 0. The fourth-order valence-electron chi connectivity index (χ4n) is 3.91. The third-order valence-corrected chi connectivity index (χ3v) is 5.75. The minimum atomic E-state index is -1.36. The number of fused-ring (bicyclic) bond motifs is 3. The summed E-state index contributed by atoms with van der Waals surface area (Å²) >= 11 is 3.50. The van der Waals surface area contributed by atoms with Gasteiger partial charge in [-0.1, -0.05) is 45.8 Å².